The summed E-state index contributed by atoms with van der Waals surface area (Å²) in [7, 11) is 0. The molecule has 2 heterocycles. The summed E-state index contributed by atoms with van der Waals surface area (Å²) < 4.78 is 24.2. The summed E-state index contributed by atoms with van der Waals surface area (Å²) in [4.78, 5) is 16.5. The van der Waals surface area contributed by atoms with Crippen LogP contribution in [0.3, 0.4) is 0 Å². The number of aliphatic hydroxyl groups is 1. The van der Waals surface area contributed by atoms with Gasteiger partial charge in [-0.2, -0.15) is 0 Å². The number of esters is 1. The van der Waals surface area contributed by atoms with Crippen LogP contribution in [0.5, 0.6) is 0 Å². The number of nitrogens with one attached hydrogen (secondary N) is 2. The van der Waals surface area contributed by atoms with Gasteiger partial charge in [0.05, 0.1) is 18.8 Å². The van der Waals surface area contributed by atoms with Crippen LogP contribution in [-0.2, 0) is 15.1 Å². The average molecular weight is 473 g/mol. The maximum Gasteiger partial charge on any atom is 0.346 e. The highest BCUT2D eigenvalue weighted by atomic mass is 32.1. The van der Waals surface area contributed by atoms with Crippen LogP contribution in [0.4, 0.5) is 10.1 Å². The summed E-state index contributed by atoms with van der Waals surface area (Å²) in [6.45, 7) is 5.26. The van der Waals surface area contributed by atoms with Gasteiger partial charge in [0.25, 0.3) is 0 Å². The van der Waals surface area contributed by atoms with Crippen molar-refractivity contribution in [2.45, 2.75) is 32.3 Å². The monoisotopic (exact) mass is 472 g/mol. The number of aromatic nitrogens is 2. The number of benzene rings is 1. The van der Waals surface area contributed by atoms with E-state index in [0.717, 1.165) is 5.56 Å². The predicted octanol–water partition coefficient (Wildman–Crippen LogP) is 3.74. The molecule has 0 aliphatic rings. The Labute approximate surface area is 196 Å². The molecule has 1 unspecified atom stereocenters. The lowest BCUT2D eigenvalue weighted by molar-refractivity contribution is -0.166. The Morgan fingerprint density at radius 1 is 1.30 bits per heavy atom. The number of carbonyl (C=O) groups is 1. The highest BCUT2D eigenvalue weighted by molar-refractivity contribution is 7.80. The number of anilines is 1. The third-order valence-electron chi connectivity index (χ3n) is 4.96. The summed E-state index contributed by atoms with van der Waals surface area (Å²) in [6, 6.07) is 7.77. The van der Waals surface area contributed by atoms with Gasteiger partial charge in [0.2, 0.25) is 5.60 Å². The fourth-order valence-electron chi connectivity index (χ4n) is 3.29. The van der Waals surface area contributed by atoms with Crippen LogP contribution in [0.15, 0.2) is 53.5 Å². The topological polar surface area (TPSA) is 110 Å². The van der Waals surface area contributed by atoms with Crippen LogP contribution in [0.1, 0.15) is 37.9 Å². The molecule has 0 saturated heterocycles. The number of rotatable bonds is 8. The second kappa shape index (κ2) is 10.5. The van der Waals surface area contributed by atoms with Gasteiger partial charge in [-0.15, -0.1) is 0 Å². The number of thiocarbonyl (C=S) groups is 1. The van der Waals surface area contributed by atoms with E-state index < -0.39 is 11.6 Å². The largest absolute Gasteiger partial charge is 0.463 e. The standard InChI is InChI=1S/C23H25FN4O4S/c1-4-31-21(29)23(30,19-7-10-32-28-19)13-26-22(33)27-20-17(14(2)3)11-16(24)12-18(20)15-5-8-25-9-6-15/h5-12,14,30H,4,13H2,1-3H3,(H2,26,27,33). The SMILES string of the molecule is CCOC(=O)C(O)(CNC(=S)Nc1c(-c2ccncc2)cc(F)cc1C(C)C)c1ccon1. The predicted molar refractivity (Wildman–Crippen MR) is 125 cm³/mol. The van der Waals surface area contributed by atoms with Crippen molar-refractivity contribution < 1.29 is 23.6 Å². The first kappa shape index (κ1) is 24.3. The van der Waals surface area contributed by atoms with Crippen molar-refractivity contribution >= 4 is 29.0 Å². The minimum absolute atomic E-state index is 0.0154. The van der Waals surface area contributed by atoms with E-state index in [4.69, 9.17) is 21.5 Å². The summed E-state index contributed by atoms with van der Waals surface area (Å²) in [6.07, 6.45) is 4.48. The lowest BCUT2D eigenvalue weighted by atomic mass is 9.94. The molecule has 0 radical (unpaired) electrons. The molecule has 3 aromatic rings. The number of carbonyl (C=O) groups excluding carboxylic acids is 1. The number of ether oxygens (including phenoxy) is 1. The minimum atomic E-state index is -2.12. The lowest BCUT2D eigenvalue weighted by Gasteiger charge is -2.25. The number of hydrogen-bond donors (Lipinski definition) is 3. The smallest absolute Gasteiger partial charge is 0.346 e. The third kappa shape index (κ3) is 5.52. The van der Waals surface area contributed by atoms with E-state index in [1.54, 1.807) is 31.5 Å². The Hall–Kier alpha value is -3.37. The van der Waals surface area contributed by atoms with Gasteiger partial charge in [-0.3, -0.25) is 4.98 Å². The van der Waals surface area contributed by atoms with Crippen LogP contribution < -0.4 is 10.6 Å². The van der Waals surface area contributed by atoms with Crippen molar-refractivity contribution in [2.24, 2.45) is 0 Å². The number of halogens is 1. The summed E-state index contributed by atoms with van der Waals surface area (Å²) in [5.41, 5.74) is 0.536. The van der Waals surface area contributed by atoms with Crippen molar-refractivity contribution in [3.63, 3.8) is 0 Å². The molecule has 0 spiro atoms. The Balaban J connectivity index is 1.89. The van der Waals surface area contributed by atoms with Gasteiger partial charge in [0.1, 0.15) is 17.8 Å². The van der Waals surface area contributed by atoms with Crippen molar-refractivity contribution in [2.75, 3.05) is 18.5 Å². The molecule has 174 valence electrons. The number of nitrogens with zero attached hydrogens (tertiary/aromatic N) is 2. The van der Waals surface area contributed by atoms with E-state index in [9.17, 15) is 14.3 Å². The maximum atomic E-state index is 14.4. The number of pyridine rings is 1. The summed E-state index contributed by atoms with van der Waals surface area (Å²) in [5.74, 6) is -1.29. The number of hydrogen-bond acceptors (Lipinski definition) is 7. The van der Waals surface area contributed by atoms with Crippen molar-refractivity contribution in [3.8, 4) is 11.1 Å². The first-order valence-electron chi connectivity index (χ1n) is 10.4. The first-order chi connectivity index (χ1) is 15.8. The minimum Gasteiger partial charge on any atom is -0.463 e. The van der Waals surface area contributed by atoms with E-state index in [1.165, 1.54) is 24.5 Å². The second-order valence-corrected chi connectivity index (χ2v) is 7.99. The van der Waals surface area contributed by atoms with E-state index in [1.807, 2.05) is 13.8 Å². The van der Waals surface area contributed by atoms with Crippen molar-refractivity contribution in [1.82, 2.24) is 15.5 Å². The zero-order valence-electron chi connectivity index (χ0n) is 18.5. The van der Waals surface area contributed by atoms with E-state index in [2.05, 4.69) is 20.8 Å². The summed E-state index contributed by atoms with van der Waals surface area (Å²) in [5, 5.41) is 20.7. The van der Waals surface area contributed by atoms with Crippen molar-refractivity contribution in [1.29, 1.82) is 0 Å². The average Bonchev–Trinajstić information content (AvgIpc) is 3.34. The van der Waals surface area contributed by atoms with Gasteiger partial charge in [-0.25, -0.2) is 9.18 Å². The molecule has 0 saturated carbocycles. The van der Waals surface area contributed by atoms with Crippen LogP contribution in [0, 0.1) is 5.82 Å². The molecule has 0 aliphatic carbocycles. The molecule has 0 fully saturated rings. The highest BCUT2D eigenvalue weighted by Crippen LogP contribution is 2.36. The van der Waals surface area contributed by atoms with Crippen LogP contribution in [0.25, 0.3) is 11.1 Å². The van der Waals surface area contributed by atoms with E-state index >= 15 is 0 Å². The third-order valence-corrected chi connectivity index (χ3v) is 5.21. The second-order valence-electron chi connectivity index (χ2n) is 7.58. The Kier molecular flexibility index (Phi) is 7.72. The Morgan fingerprint density at radius 2 is 2.03 bits per heavy atom. The maximum absolute atomic E-state index is 14.4. The van der Waals surface area contributed by atoms with Crippen LogP contribution in [0.2, 0.25) is 0 Å². The fourth-order valence-corrected chi connectivity index (χ4v) is 3.47. The molecule has 0 amide bonds. The Morgan fingerprint density at radius 3 is 2.64 bits per heavy atom. The molecule has 2 aromatic heterocycles. The fraction of sp³-hybridized carbons (Fsp3) is 0.304. The quantitative estimate of drug-likeness (QED) is 0.334. The molecule has 3 rings (SSSR count). The van der Waals surface area contributed by atoms with Gasteiger partial charge < -0.3 is 25.0 Å². The molecule has 1 aromatic carbocycles. The molecule has 8 nitrogen and oxygen atoms in total. The highest BCUT2D eigenvalue weighted by Gasteiger charge is 2.42. The lowest BCUT2D eigenvalue weighted by Crippen LogP contribution is -2.48. The van der Waals surface area contributed by atoms with E-state index in [-0.39, 0.29) is 35.7 Å². The molecule has 1 atom stereocenters. The Bertz CT molecular complexity index is 1110. The first-order valence-corrected chi connectivity index (χ1v) is 10.8. The van der Waals surface area contributed by atoms with Gasteiger partial charge in [-0.05, 0) is 60.5 Å². The zero-order chi connectivity index (χ0) is 24.0. The zero-order valence-corrected chi connectivity index (χ0v) is 19.3. The molecule has 10 heteroatoms. The van der Waals surface area contributed by atoms with Crippen molar-refractivity contribution in [3.05, 3.63) is 66.1 Å². The molecule has 33 heavy (non-hydrogen) atoms. The molecular formula is C23H25FN4O4S. The van der Waals surface area contributed by atoms with Gasteiger partial charge in [0.15, 0.2) is 5.11 Å². The molecular weight excluding hydrogens is 447 g/mol. The molecule has 0 aliphatic heterocycles. The molecule has 0 bridgehead atoms. The van der Waals surface area contributed by atoms with Gasteiger partial charge in [0, 0.05) is 24.0 Å². The van der Waals surface area contributed by atoms with Gasteiger partial charge >= 0.3 is 5.97 Å². The van der Waals surface area contributed by atoms with Crippen LogP contribution in [-0.4, -0.2) is 39.5 Å². The van der Waals surface area contributed by atoms with Crippen LogP contribution >= 0.6 is 12.2 Å². The van der Waals surface area contributed by atoms with E-state index in [0.29, 0.717) is 16.8 Å². The summed E-state index contributed by atoms with van der Waals surface area (Å²) >= 11 is 5.44. The van der Waals surface area contributed by atoms with Gasteiger partial charge in [-0.1, -0.05) is 19.0 Å². The molecule has 3 N–H and O–H groups in total. The normalized spacial score (nSPS) is 12.8.